The van der Waals surface area contributed by atoms with Gasteiger partial charge in [0.05, 0.1) is 11.9 Å². The van der Waals surface area contributed by atoms with E-state index in [2.05, 4.69) is 15.2 Å². The fourth-order valence-corrected chi connectivity index (χ4v) is 3.82. The molecule has 2 aliphatic heterocycles. The predicted octanol–water partition coefficient (Wildman–Crippen LogP) is 2.32. The van der Waals surface area contributed by atoms with Crippen LogP contribution in [0.3, 0.4) is 0 Å². The van der Waals surface area contributed by atoms with Gasteiger partial charge in [0.15, 0.2) is 5.82 Å². The van der Waals surface area contributed by atoms with Crippen molar-refractivity contribution in [2.24, 2.45) is 0 Å². The molecule has 2 aliphatic rings. The van der Waals surface area contributed by atoms with Crippen molar-refractivity contribution in [3.8, 4) is 0 Å². The van der Waals surface area contributed by atoms with Crippen molar-refractivity contribution in [1.82, 2.24) is 15.2 Å². The zero-order chi connectivity index (χ0) is 19.6. The van der Waals surface area contributed by atoms with Gasteiger partial charge in [0, 0.05) is 44.3 Å². The minimum absolute atomic E-state index is 0.00203. The molecule has 7 nitrogen and oxygen atoms in total. The van der Waals surface area contributed by atoms with E-state index in [4.69, 9.17) is 4.74 Å². The van der Waals surface area contributed by atoms with Crippen molar-refractivity contribution in [3.05, 3.63) is 24.3 Å². The number of hydrogen-bond acceptors (Lipinski definition) is 5. The molecule has 8 heteroatoms. The van der Waals surface area contributed by atoms with E-state index in [0.717, 1.165) is 12.8 Å². The summed E-state index contributed by atoms with van der Waals surface area (Å²) >= 11 is 0. The summed E-state index contributed by atoms with van der Waals surface area (Å²) in [7, 11) is 0. The SMILES string of the molecule is CC(C)(C)OC(=O)NCCC(=O)N1C[C@H]2CC[C@@H](C1)N2c1ccncc1F. The molecule has 1 aromatic rings. The largest absolute Gasteiger partial charge is 0.444 e. The number of fused-ring (bicyclic) bond motifs is 2. The molecule has 1 N–H and O–H groups in total. The number of hydrogen-bond donors (Lipinski definition) is 1. The summed E-state index contributed by atoms with van der Waals surface area (Å²) in [6.45, 7) is 6.76. The van der Waals surface area contributed by atoms with Crippen molar-refractivity contribution in [1.29, 1.82) is 0 Å². The first kappa shape index (κ1) is 19.4. The Morgan fingerprint density at radius 2 is 1.96 bits per heavy atom. The van der Waals surface area contributed by atoms with E-state index in [9.17, 15) is 14.0 Å². The molecule has 2 amide bonds. The van der Waals surface area contributed by atoms with Crippen molar-refractivity contribution in [2.75, 3.05) is 24.5 Å². The molecule has 0 radical (unpaired) electrons. The second kappa shape index (κ2) is 7.70. The van der Waals surface area contributed by atoms with Gasteiger partial charge in [-0.25, -0.2) is 9.18 Å². The third-order valence-electron chi connectivity index (χ3n) is 4.87. The molecule has 0 saturated carbocycles. The lowest BCUT2D eigenvalue weighted by Crippen LogP contribution is -2.56. The van der Waals surface area contributed by atoms with Gasteiger partial charge in [-0.05, 0) is 39.7 Å². The molecule has 0 aromatic carbocycles. The lowest BCUT2D eigenvalue weighted by Gasteiger charge is -2.42. The van der Waals surface area contributed by atoms with Crippen molar-refractivity contribution in [2.45, 2.75) is 57.7 Å². The summed E-state index contributed by atoms with van der Waals surface area (Å²) in [5, 5.41) is 2.61. The molecule has 1 aromatic heterocycles. The number of nitrogens with zero attached hydrogens (tertiary/aromatic N) is 3. The monoisotopic (exact) mass is 378 g/mol. The van der Waals surface area contributed by atoms with Gasteiger partial charge in [0.25, 0.3) is 0 Å². The molecule has 2 bridgehead atoms. The van der Waals surface area contributed by atoms with E-state index in [0.29, 0.717) is 18.8 Å². The van der Waals surface area contributed by atoms with Gasteiger partial charge in [-0.1, -0.05) is 0 Å². The van der Waals surface area contributed by atoms with Crippen LogP contribution >= 0.6 is 0 Å². The van der Waals surface area contributed by atoms with Crippen LogP contribution in [0.1, 0.15) is 40.0 Å². The zero-order valence-electron chi connectivity index (χ0n) is 16.1. The Labute approximate surface area is 158 Å². The number of nitrogens with one attached hydrogen (secondary N) is 1. The first-order chi connectivity index (χ1) is 12.7. The Bertz CT molecular complexity index is 692. The summed E-state index contributed by atoms with van der Waals surface area (Å²) in [5.41, 5.74) is 0.00227. The molecule has 3 heterocycles. The maximum Gasteiger partial charge on any atom is 0.407 e. The van der Waals surface area contributed by atoms with E-state index >= 15 is 0 Å². The van der Waals surface area contributed by atoms with Gasteiger partial charge in [-0.2, -0.15) is 0 Å². The number of anilines is 1. The number of rotatable bonds is 4. The maximum absolute atomic E-state index is 14.1. The zero-order valence-corrected chi connectivity index (χ0v) is 16.1. The second-order valence-corrected chi connectivity index (χ2v) is 8.10. The molecule has 2 fully saturated rings. The number of carbonyl (C=O) groups excluding carboxylic acids is 2. The van der Waals surface area contributed by atoms with E-state index in [1.807, 2.05) is 4.90 Å². The van der Waals surface area contributed by atoms with Crippen LogP contribution < -0.4 is 10.2 Å². The number of carbonyl (C=O) groups is 2. The number of ether oxygens (including phenoxy) is 1. The smallest absolute Gasteiger partial charge is 0.407 e. The Morgan fingerprint density at radius 3 is 2.56 bits per heavy atom. The summed E-state index contributed by atoms with van der Waals surface area (Å²) < 4.78 is 19.3. The molecule has 27 heavy (non-hydrogen) atoms. The van der Waals surface area contributed by atoms with Crippen LogP contribution in [0.4, 0.5) is 14.9 Å². The molecule has 3 rings (SSSR count). The summed E-state index contributed by atoms with van der Waals surface area (Å²) in [4.78, 5) is 31.9. The van der Waals surface area contributed by atoms with Crippen LogP contribution in [0, 0.1) is 5.82 Å². The summed E-state index contributed by atoms with van der Waals surface area (Å²) in [5.74, 6) is -0.325. The van der Waals surface area contributed by atoms with Crippen molar-refractivity contribution < 1.29 is 18.7 Å². The van der Waals surface area contributed by atoms with Crippen LogP contribution in [0.5, 0.6) is 0 Å². The van der Waals surface area contributed by atoms with Crippen LogP contribution in [0.15, 0.2) is 18.5 Å². The lowest BCUT2D eigenvalue weighted by atomic mass is 10.1. The van der Waals surface area contributed by atoms with Crippen molar-refractivity contribution >= 4 is 17.7 Å². The predicted molar refractivity (Wildman–Crippen MR) is 98.9 cm³/mol. The number of amides is 2. The molecular formula is C19H27FN4O3. The fourth-order valence-electron chi connectivity index (χ4n) is 3.82. The third kappa shape index (κ3) is 4.67. The normalized spacial score (nSPS) is 21.9. The summed E-state index contributed by atoms with van der Waals surface area (Å²) in [6, 6.07) is 1.93. The highest BCUT2D eigenvalue weighted by atomic mass is 19.1. The third-order valence-corrected chi connectivity index (χ3v) is 4.87. The topological polar surface area (TPSA) is 74.8 Å². The first-order valence-electron chi connectivity index (χ1n) is 9.37. The van der Waals surface area contributed by atoms with Crippen LogP contribution in [0.25, 0.3) is 0 Å². The van der Waals surface area contributed by atoms with Crippen molar-refractivity contribution in [3.63, 3.8) is 0 Å². The number of likely N-dealkylation sites (tertiary alicyclic amines) is 1. The average Bonchev–Trinajstić information content (AvgIpc) is 2.83. The molecule has 2 saturated heterocycles. The number of alkyl carbamates (subject to hydrolysis) is 1. The van der Waals surface area contributed by atoms with Gasteiger partial charge in [-0.15, -0.1) is 0 Å². The first-order valence-corrected chi connectivity index (χ1v) is 9.37. The number of halogens is 1. The fraction of sp³-hybridized carbons (Fsp3) is 0.632. The molecule has 0 spiro atoms. The molecule has 148 valence electrons. The summed E-state index contributed by atoms with van der Waals surface area (Å²) in [6.07, 6.45) is 4.40. The van der Waals surface area contributed by atoms with E-state index < -0.39 is 11.7 Å². The Morgan fingerprint density at radius 1 is 1.30 bits per heavy atom. The van der Waals surface area contributed by atoms with Gasteiger partial charge >= 0.3 is 6.09 Å². The molecule has 0 aliphatic carbocycles. The van der Waals surface area contributed by atoms with E-state index in [-0.39, 0.29) is 36.8 Å². The number of pyridine rings is 1. The Hall–Kier alpha value is -2.38. The minimum Gasteiger partial charge on any atom is -0.444 e. The van der Waals surface area contributed by atoms with E-state index in [1.54, 1.807) is 33.0 Å². The second-order valence-electron chi connectivity index (χ2n) is 8.10. The highest BCUT2D eigenvalue weighted by Gasteiger charge is 2.42. The quantitative estimate of drug-likeness (QED) is 0.870. The minimum atomic E-state index is -0.564. The highest BCUT2D eigenvalue weighted by molar-refractivity contribution is 5.78. The van der Waals surface area contributed by atoms with Crippen LogP contribution in [0.2, 0.25) is 0 Å². The number of piperazine rings is 1. The Balaban J connectivity index is 1.52. The number of aromatic nitrogens is 1. The molecular weight excluding hydrogens is 351 g/mol. The van der Waals surface area contributed by atoms with Crippen LogP contribution in [-0.4, -0.2) is 59.2 Å². The standard InChI is InChI=1S/C19H27FN4O3/c1-19(2,3)27-18(26)22-9-7-17(25)23-11-13-4-5-14(12-23)24(13)16-6-8-21-10-15(16)20/h6,8,10,13-14H,4-5,7,9,11-12H2,1-3H3,(H,22,26)/t13-,14+. The van der Waals surface area contributed by atoms with E-state index in [1.165, 1.54) is 6.20 Å². The van der Waals surface area contributed by atoms with Gasteiger partial charge < -0.3 is 19.9 Å². The van der Waals surface area contributed by atoms with Gasteiger partial charge in [0.1, 0.15) is 5.60 Å². The molecule has 2 atom stereocenters. The average molecular weight is 378 g/mol. The Kier molecular flexibility index (Phi) is 5.53. The van der Waals surface area contributed by atoms with Gasteiger partial charge in [-0.3, -0.25) is 9.78 Å². The lowest BCUT2D eigenvalue weighted by molar-refractivity contribution is -0.132. The molecule has 0 unspecified atom stereocenters. The maximum atomic E-state index is 14.1. The highest BCUT2D eigenvalue weighted by Crippen LogP contribution is 2.35. The van der Waals surface area contributed by atoms with Crippen LogP contribution in [-0.2, 0) is 9.53 Å². The van der Waals surface area contributed by atoms with Gasteiger partial charge in [0.2, 0.25) is 5.91 Å².